The molecule has 6 nitrogen and oxygen atoms in total. The van der Waals surface area contributed by atoms with Crippen LogP contribution in [-0.4, -0.2) is 33.4 Å². The van der Waals surface area contributed by atoms with E-state index in [9.17, 15) is 23.1 Å². The number of phenolic OH excluding ortho intramolecular Hbond substituents is 1. The zero-order valence-electron chi connectivity index (χ0n) is 14.0. The fourth-order valence-electron chi connectivity index (χ4n) is 2.67. The Morgan fingerprint density at radius 2 is 1.96 bits per heavy atom. The topological polar surface area (TPSA) is 80.1 Å². The van der Waals surface area contributed by atoms with Crippen LogP contribution in [0.3, 0.4) is 0 Å². The van der Waals surface area contributed by atoms with Gasteiger partial charge in [-0.25, -0.2) is 4.98 Å². The third kappa shape index (κ3) is 3.71. The van der Waals surface area contributed by atoms with E-state index in [-0.39, 0.29) is 35.0 Å². The summed E-state index contributed by atoms with van der Waals surface area (Å²) in [5.41, 5.74) is -1.90. The van der Waals surface area contributed by atoms with Crippen LogP contribution < -0.4 is 5.56 Å². The Labute approximate surface area is 155 Å². The van der Waals surface area contributed by atoms with Crippen LogP contribution in [0.2, 0.25) is 0 Å². The molecule has 0 bridgehead atoms. The van der Waals surface area contributed by atoms with Crippen molar-refractivity contribution in [3.05, 3.63) is 51.0 Å². The number of rotatable bonds is 4. The van der Waals surface area contributed by atoms with Gasteiger partial charge in [0.05, 0.1) is 29.8 Å². The molecule has 0 saturated carbocycles. The number of nitrogens with zero attached hydrogens (tertiary/aromatic N) is 2. The molecule has 0 saturated heterocycles. The molecule has 3 rings (SSSR count). The lowest BCUT2D eigenvalue weighted by Crippen LogP contribution is -2.21. The van der Waals surface area contributed by atoms with Gasteiger partial charge < -0.3 is 14.4 Å². The first kappa shape index (κ1) is 19.1. The van der Waals surface area contributed by atoms with Crippen molar-refractivity contribution in [2.45, 2.75) is 12.7 Å². The lowest BCUT2D eigenvalue weighted by molar-refractivity contribution is -0.136. The molecule has 27 heavy (non-hydrogen) atoms. The largest absolute Gasteiger partial charge is 0.508 e. The van der Waals surface area contributed by atoms with E-state index in [0.29, 0.717) is 5.56 Å². The van der Waals surface area contributed by atoms with Gasteiger partial charge in [-0.2, -0.15) is 13.2 Å². The number of pyridine rings is 1. The number of aromatic amines is 1. The monoisotopic (exact) mass is 397 g/mol. The first-order valence-electron chi connectivity index (χ1n) is 7.76. The van der Waals surface area contributed by atoms with E-state index in [0.717, 1.165) is 6.07 Å². The number of halogens is 3. The molecular weight excluding hydrogens is 383 g/mol. The molecule has 0 aliphatic heterocycles. The quantitative estimate of drug-likeness (QED) is 0.659. The Kier molecular flexibility index (Phi) is 5.03. The minimum Gasteiger partial charge on any atom is -0.508 e. The maximum atomic E-state index is 13.7. The molecule has 0 atom stereocenters. The Morgan fingerprint density at radius 1 is 1.30 bits per heavy atom. The summed E-state index contributed by atoms with van der Waals surface area (Å²) in [7, 11) is 1.44. The normalized spacial score (nSPS) is 11.9. The second-order valence-electron chi connectivity index (χ2n) is 5.70. The van der Waals surface area contributed by atoms with Crippen LogP contribution in [0.4, 0.5) is 13.2 Å². The van der Waals surface area contributed by atoms with E-state index in [2.05, 4.69) is 9.97 Å². The van der Waals surface area contributed by atoms with Crippen LogP contribution in [0.15, 0.2) is 35.1 Å². The first-order chi connectivity index (χ1) is 12.7. The van der Waals surface area contributed by atoms with E-state index in [1.54, 1.807) is 0 Å². The molecule has 2 heterocycles. The Balaban J connectivity index is 2.42. The fraction of sp³-hybridized carbons (Fsp3) is 0.235. The predicted octanol–water partition coefficient (Wildman–Crippen LogP) is 3.49. The van der Waals surface area contributed by atoms with E-state index in [1.165, 1.54) is 35.9 Å². The van der Waals surface area contributed by atoms with Crippen LogP contribution in [0.5, 0.6) is 5.75 Å². The molecule has 0 spiro atoms. The van der Waals surface area contributed by atoms with Gasteiger partial charge in [0.2, 0.25) is 0 Å². The molecule has 0 amide bonds. The Bertz CT molecular complexity index is 1110. The van der Waals surface area contributed by atoms with Crippen molar-refractivity contribution in [3.8, 4) is 17.0 Å². The molecule has 10 heteroatoms. The fourth-order valence-corrected chi connectivity index (χ4v) is 2.94. The number of H-pyrrole nitrogens is 1. The molecular formula is C17H14F3N3O3S. The zero-order valence-corrected chi connectivity index (χ0v) is 14.8. The maximum Gasteiger partial charge on any atom is 0.417 e. The summed E-state index contributed by atoms with van der Waals surface area (Å²) >= 11 is 5.09. The van der Waals surface area contributed by atoms with E-state index < -0.39 is 22.7 Å². The summed E-state index contributed by atoms with van der Waals surface area (Å²) < 4.78 is 47.2. The average molecular weight is 397 g/mol. The summed E-state index contributed by atoms with van der Waals surface area (Å²) in [6.07, 6.45) is -4.78. The number of hydrogen-bond acceptors (Lipinski definition) is 5. The highest BCUT2D eigenvalue weighted by Gasteiger charge is 2.35. The Morgan fingerprint density at radius 3 is 2.56 bits per heavy atom. The van der Waals surface area contributed by atoms with E-state index >= 15 is 0 Å². The molecule has 0 radical (unpaired) electrons. The highest BCUT2D eigenvalue weighted by Crippen LogP contribution is 2.35. The van der Waals surface area contributed by atoms with Crippen LogP contribution in [-0.2, 0) is 17.5 Å². The maximum absolute atomic E-state index is 13.7. The van der Waals surface area contributed by atoms with Crippen molar-refractivity contribution in [3.63, 3.8) is 0 Å². The van der Waals surface area contributed by atoms with Gasteiger partial charge in [0.25, 0.3) is 5.56 Å². The second kappa shape index (κ2) is 7.12. The van der Waals surface area contributed by atoms with Gasteiger partial charge in [-0.1, -0.05) is 0 Å². The first-order valence-corrected chi connectivity index (χ1v) is 8.16. The molecule has 0 fully saturated rings. The number of hydrogen-bond donors (Lipinski definition) is 2. The molecule has 1 aromatic carbocycles. The number of benzene rings is 1. The summed E-state index contributed by atoms with van der Waals surface area (Å²) in [6, 6.07) is 6.36. The molecule has 0 unspecified atom stereocenters. The molecule has 0 aliphatic carbocycles. The van der Waals surface area contributed by atoms with Crippen molar-refractivity contribution in [1.29, 1.82) is 0 Å². The Hall–Kier alpha value is -2.72. The smallest absolute Gasteiger partial charge is 0.417 e. The van der Waals surface area contributed by atoms with Gasteiger partial charge in [0.15, 0.2) is 4.77 Å². The van der Waals surface area contributed by atoms with Crippen molar-refractivity contribution in [2.24, 2.45) is 0 Å². The number of fused-ring (bicyclic) bond motifs is 1. The van der Waals surface area contributed by atoms with Crippen LogP contribution in [0.1, 0.15) is 5.56 Å². The molecule has 3 aromatic rings. The number of nitrogens with one attached hydrogen (secondary N) is 1. The van der Waals surface area contributed by atoms with Crippen molar-refractivity contribution in [2.75, 3.05) is 13.7 Å². The summed E-state index contributed by atoms with van der Waals surface area (Å²) in [5, 5.41) is 8.81. The third-order valence-corrected chi connectivity index (χ3v) is 4.26. The standard InChI is InChI=1S/C17H14F3N3O3S/c1-26-7-6-23-14-13(15(25)22-16(23)27)11(17(18,19)20)8-12(21-14)9-2-4-10(24)5-3-9/h2-5,8,24H,6-7H2,1H3,(H,22,25,27). The van der Waals surface area contributed by atoms with Crippen molar-refractivity contribution in [1.82, 2.24) is 14.5 Å². The summed E-state index contributed by atoms with van der Waals surface area (Å²) in [4.78, 5) is 18.8. The van der Waals surface area contributed by atoms with E-state index in [1.807, 2.05) is 0 Å². The minimum atomic E-state index is -4.78. The lowest BCUT2D eigenvalue weighted by Gasteiger charge is -2.16. The number of ether oxygens (including phenoxy) is 1. The van der Waals surface area contributed by atoms with Crippen LogP contribution >= 0.6 is 12.2 Å². The second-order valence-corrected chi connectivity index (χ2v) is 6.09. The average Bonchev–Trinajstić information content (AvgIpc) is 2.60. The van der Waals surface area contributed by atoms with Crippen LogP contribution in [0.25, 0.3) is 22.3 Å². The number of phenols is 1. The van der Waals surface area contributed by atoms with Crippen molar-refractivity contribution >= 4 is 23.3 Å². The SMILES string of the molecule is COCCn1c(=S)[nH]c(=O)c2c(C(F)(F)F)cc(-c3ccc(O)cc3)nc21. The third-order valence-electron chi connectivity index (χ3n) is 3.94. The van der Waals surface area contributed by atoms with Gasteiger partial charge in [0.1, 0.15) is 11.4 Å². The highest BCUT2D eigenvalue weighted by molar-refractivity contribution is 7.71. The molecule has 0 aliphatic rings. The predicted molar refractivity (Wildman–Crippen MR) is 95.2 cm³/mol. The molecule has 2 N–H and O–H groups in total. The van der Waals surface area contributed by atoms with Crippen LogP contribution in [0, 0.1) is 4.77 Å². The summed E-state index contributed by atoms with van der Waals surface area (Å²) in [5.74, 6) is -0.0324. The van der Waals surface area contributed by atoms with Gasteiger partial charge in [-0.3, -0.25) is 9.78 Å². The van der Waals surface area contributed by atoms with Gasteiger partial charge in [-0.15, -0.1) is 0 Å². The lowest BCUT2D eigenvalue weighted by atomic mass is 10.1. The summed E-state index contributed by atoms with van der Waals surface area (Å²) in [6.45, 7) is 0.286. The number of aromatic nitrogens is 3. The van der Waals surface area contributed by atoms with Gasteiger partial charge in [-0.05, 0) is 42.5 Å². The molecule has 2 aromatic heterocycles. The van der Waals surface area contributed by atoms with E-state index in [4.69, 9.17) is 17.0 Å². The minimum absolute atomic E-state index is 0.000918. The number of aromatic hydroxyl groups is 1. The highest BCUT2D eigenvalue weighted by atomic mass is 32.1. The number of alkyl halides is 3. The van der Waals surface area contributed by atoms with Gasteiger partial charge in [0, 0.05) is 12.7 Å². The molecule has 142 valence electrons. The van der Waals surface area contributed by atoms with Gasteiger partial charge >= 0.3 is 6.18 Å². The number of methoxy groups -OCH3 is 1. The van der Waals surface area contributed by atoms with Crippen molar-refractivity contribution < 1.29 is 23.0 Å². The zero-order chi connectivity index (χ0) is 19.8.